The normalized spacial score (nSPS) is 27.5. The zero-order valence-electron chi connectivity index (χ0n) is 18.0. The van der Waals surface area contributed by atoms with E-state index in [4.69, 9.17) is 23.9 Å². The number of thiazole rings is 1. The van der Waals surface area contributed by atoms with Crippen LogP contribution in [0, 0.1) is 5.41 Å². The highest BCUT2D eigenvalue weighted by Gasteiger charge is 2.65. The molecule has 0 saturated carbocycles. The smallest absolute Gasteiger partial charge is 0.324 e. The van der Waals surface area contributed by atoms with E-state index in [9.17, 15) is 9.59 Å². The molecule has 3 atom stereocenters. The average Bonchev–Trinajstić information content (AvgIpc) is 3.41. The molecule has 31 heavy (non-hydrogen) atoms. The lowest BCUT2D eigenvalue weighted by atomic mass is 9.78. The van der Waals surface area contributed by atoms with Gasteiger partial charge in [0.2, 0.25) is 0 Å². The lowest BCUT2D eigenvalue weighted by Gasteiger charge is -2.20. The molecule has 7 nitrogen and oxygen atoms in total. The summed E-state index contributed by atoms with van der Waals surface area (Å²) in [7, 11) is 1.64. The third-order valence-electron chi connectivity index (χ3n) is 5.87. The molecule has 4 rings (SSSR count). The minimum Gasteiger partial charge on any atom is -0.496 e. The van der Waals surface area contributed by atoms with E-state index in [1.165, 1.54) is 11.3 Å². The molecule has 3 heterocycles. The quantitative estimate of drug-likeness (QED) is 0.348. The van der Waals surface area contributed by atoms with Crippen LogP contribution in [0.5, 0.6) is 5.75 Å². The van der Waals surface area contributed by atoms with Gasteiger partial charge in [-0.3, -0.25) is 9.59 Å². The number of hydrogen-bond donors (Lipinski definition) is 0. The van der Waals surface area contributed by atoms with Gasteiger partial charge in [0.15, 0.2) is 11.0 Å². The number of aromatic nitrogens is 1. The molecule has 2 aliphatic rings. The van der Waals surface area contributed by atoms with Crippen molar-refractivity contribution in [3.63, 3.8) is 0 Å². The van der Waals surface area contributed by atoms with Gasteiger partial charge in [0, 0.05) is 36.8 Å². The monoisotopic (exact) mass is 445 g/mol. The van der Waals surface area contributed by atoms with E-state index >= 15 is 0 Å². The summed E-state index contributed by atoms with van der Waals surface area (Å²) in [5.74, 6) is -0.241. The van der Waals surface area contributed by atoms with Gasteiger partial charge in [-0.2, -0.15) is 0 Å². The standard InChI is InChI=1S/C23H27NO6S/c1-4-9-28-12-16-11-23(20(25)29-16)14-22(2,30-21(23)26)18-13-31-19(24-18)10-15-7-5-6-8-17(15)27-3/h5-8,13,16H,4,9-12,14H2,1-3H3. The van der Waals surface area contributed by atoms with Gasteiger partial charge in [-0.05, 0) is 19.4 Å². The fourth-order valence-electron chi connectivity index (χ4n) is 4.32. The number of methoxy groups -OCH3 is 1. The van der Waals surface area contributed by atoms with Crippen LogP contribution in [0.25, 0.3) is 0 Å². The first-order valence-electron chi connectivity index (χ1n) is 10.5. The number of carbonyl (C=O) groups excluding carboxylic acids is 2. The molecule has 1 aromatic carbocycles. The van der Waals surface area contributed by atoms with Crippen molar-refractivity contribution >= 4 is 23.3 Å². The third-order valence-corrected chi connectivity index (χ3v) is 6.72. The topological polar surface area (TPSA) is 84.0 Å². The molecule has 2 aromatic rings. The Morgan fingerprint density at radius 3 is 2.84 bits per heavy atom. The van der Waals surface area contributed by atoms with Crippen molar-refractivity contribution in [3.05, 3.63) is 45.9 Å². The molecule has 0 bridgehead atoms. The van der Waals surface area contributed by atoms with Gasteiger partial charge >= 0.3 is 11.9 Å². The first-order chi connectivity index (χ1) is 14.9. The summed E-state index contributed by atoms with van der Waals surface area (Å²) in [5, 5.41) is 2.79. The molecular formula is C23H27NO6S. The van der Waals surface area contributed by atoms with Gasteiger partial charge in [0.25, 0.3) is 0 Å². The van der Waals surface area contributed by atoms with Gasteiger partial charge < -0.3 is 18.9 Å². The Morgan fingerprint density at radius 1 is 1.26 bits per heavy atom. The number of benzene rings is 1. The maximum absolute atomic E-state index is 12.8. The number of carbonyl (C=O) groups is 2. The van der Waals surface area contributed by atoms with Gasteiger partial charge in [-0.1, -0.05) is 25.1 Å². The lowest BCUT2D eigenvalue weighted by Crippen LogP contribution is -2.32. The second-order valence-electron chi connectivity index (χ2n) is 8.30. The fourth-order valence-corrected chi connectivity index (χ4v) is 5.26. The van der Waals surface area contributed by atoms with Gasteiger partial charge in [0.1, 0.15) is 11.9 Å². The maximum atomic E-state index is 12.8. The summed E-state index contributed by atoms with van der Waals surface area (Å²) < 4.78 is 22.2. The minimum atomic E-state index is -1.28. The second-order valence-corrected chi connectivity index (χ2v) is 9.24. The Kier molecular flexibility index (Phi) is 6.03. The Labute approximate surface area is 185 Å². The molecule has 2 saturated heterocycles. The molecule has 8 heteroatoms. The van der Waals surface area contributed by atoms with Crippen molar-refractivity contribution in [2.75, 3.05) is 20.3 Å². The summed E-state index contributed by atoms with van der Waals surface area (Å²) in [6, 6.07) is 7.80. The number of rotatable bonds is 8. The van der Waals surface area contributed by atoms with Crippen molar-refractivity contribution in [1.82, 2.24) is 4.98 Å². The zero-order valence-corrected chi connectivity index (χ0v) is 18.8. The summed E-state index contributed by atoms with van der Waals surface area (Å²) in [6.07, 6.45) is 1.57. The lowest BCUT2D eigenvalue weighted by molar-refractivity contribution is -0.160. The highest BCUT2D eigenvalue weighted by Crippen LogP contribution is 2.52. The van der Waals surface area contributed by atoms with Crippen molar-refractivity contribution in [2.24, 2.45) is 5.41 Å². The molecule has 0 N–H and O–H groups in total. The number of esters is 2. The summed E-state index contributed by atoms with van der Waals surface area (Å²) in [5.41, 5.74) is -0.553. The van der Waals surface area contributed by atoms with Gasteiger partial charge in [-0.25, -0.2) is 4.98 Å². The van der Waals surface area contributed by atoms with E-state index in [0.717, 1.165) is 22.7 Å². The van der Waals surface area contributed by atoms with E-state index < -0.39 is 29.1 Å². The van der Waals surface area contributed by atoms with Crippen LogP contribution in [0.2, 0.25) is 0 Å². The first kappa shape index (κ1) is 21.8. The molecule has 2 fully saturated rings. The van der Waals surface area contributed by atoms with Crippen LogP contribution in [0.3, 0.4) is 0 Å². The highest BCUT2D eigenvalue weighted by molar-refractivity contribution is 7.09. The fraction of sp³-hybridized carbons (Fsp3) is 0.522. The van der Waals surface area contributed by atoms with Crippen molar-refractivity contribution in [3.8, 4) is 5.75 Å². The van der Waals surface area contributed by atoms with Gasteiger partial charge in [0.05, 0.1) is 24.4 Å². The molecule has 166 valence electrons. The van der Waals surface area contributed by atoms with E-state index in [-0.39, 0.29) is 12.8 Å². The third kappa shape index (κ3) is 4.06. The number of ether oxygens (including phenoxy) is 4. The predicted molar refractivity (Wildman–Crippen MR) is 114 cm³/mol. The molecule has 1 spiro atoms. The predicted octanol–water partition coefficient (Wildman–Crippen LogP) is 3.63. The second kappa shape index (κ2) is 8.59. The Morgan fingerprint density at radius 2 is 2.06 bits per heavy atom. The summed E-state index contributed by atoms with van der Waals surface area (Å²) in [6.45, 7) is 4.72. The van der Waals surface area contributed by atoms with Crippen LogP contribution in [-0.2, 0) is 35.8 Å². The molecule has 0 radical (unpaired) electrons. The Hall–Kier alpha value is -2.45. The highest BCUT2D eigenvalue weighted by atomic mass is 32.1. The molecular weight excluding hydrogens is 418 g/mol. The SMILES string of the molecule is CCCOCC1CC2(CC(C)(c3csc(Cc4ccccc4OC)n3)OC2=O)C(=O)O1. The van der Waals surface area contributed by atoms with Crippen LogP contribution in [0.4, 0.5) is 0 Å². The van der Waals surface area contributed by atoms with Crippen molar-refractivity contribution in [2.45, 2.75) is 51.2 Å². The van der Waals surface area contributed by atoms with Gasteiger partial charge in [-0.15, -0.1) is 11.3 Å². The van der Waals surface area contributed by atoms with Crippen molar-refractivity contribution in [1.29, 1.82) is 0 Å². The molecule has 0 aliphatic carbocycles. The van der Waals surface area contributed by atoms with E-state index in [2.05, 4.69) is 0 Å². The van der Waals surface area contributed by atoms with E-state index in [1.54, 1.807) is 7.11 Å². The van der Waals surface area contributed by atoms with E-state index in [1.807, 2.05) is 43.5 Å². The zero-order chi connectivity index (χ0) is 22.1. The van der Waals surface area contributed by atoms with E-state index in [0.29, 0.717) is 25.3 Å². The van der Waals surface area contributed by atoms with Crippen molar-refractivity contribution < 1.29 is 28.5 Å². The molecule has 3 unspecified atom stereocenters. The summed E-state index contributed by atoms with van der Waals surface area (Å²) in [4.78, 5) is 30.3. The van der Waals surface area contributed by atoms with Crippen LogP contribution >= 0.6 is 11.3 Å². The maximum Gasteiger partial charge on any atom is 0.324 e. The Bertz CT molecular complexity index is 974. The first-order valence-corrected chi connectivity index (χ1v) is 11.4. The summed E-state index contributed by atoms with van der Waals surface area (Å²) >= 11 is 1.50. The number of cyclic esters (lactones) is 2. The average molecular weight is 446 g/mol. The van der Waals surface area contributed by atoms with Crippen LogP contribution in [0.1, 0.15) is 49.4 Å². The van der Waals surface area contributed by atoms with Crippen LogP contribution in [0.15, 0.2) is 29.6 Å². The minimum absolute atomic E-state index is 0.222. The number of nitrogens with zero attached hydrogens (tertiary/aromatic N) is 1. The number of hydrogen-bond acceptors (Lipinski definition) is 8. The van der Waals surface area contributed by atoms with Crippen LogP contribution in [-0.4, -0.2) is 43.4 Å². The Balaban J connectivity index is 1.50. The largest absolute Gasteiger partial charge is 0.496 e. The molecule has 2 aliphatic heterocycles. The number of para-hydroxylation sites is 1. The van der Waals surface area contributed by atoms with Crippen LogP contribution < -0.4 is 4.74 Å². The molecule has 1 aromatic heterocycles. The molecule has 0 amide bonds.